The van der Waals surface area contributed by atoms with E-state index in [-0.39, 0.29) is 6.61 Å². The van der Waals surface area contributed by atoms with Gasteiger partial charge in [0.2, 0.25) is 0 Å². The van der Waals surface area contributed by atoms with Crippen LogP contribution in [0.3, 0.4) is 0 Å². The van der Waals surface area contributed by atoms with Crippen molar-refractivity contribution in [2.24, 2.45) is 5.92 Å². The number of carbonyl (C=O) groups excluding carboxylic acids is 2. The van der Waals surface area contributed by atoms with E-state index in [1.165, 1.54) is 9.80 Å². The van der Waals surface area contributed by atoms with Gasteiger partial charge in [0.15, 0.2) is 5.60 Å². The van der Waals surface area contributed by atoms with Crippen molar-refractivity contribution in [2.45, 2.75) is 18.9 Å². The Bertz CT molecular complexity index is 732. The van der Waals surface area contributed by atoms with Crippen molar-refractivity contribution in [3.05, 3.63) is 35.9 Å². The van der Waals surface area contributed by atoms with Crippen LogP contribution in [-0.2, 0) is 15.1 Å². The van der Waals surface area contributed by atoms with E-state index in [2.05, 4.69) is 0 Å². The highest BCUT2D eigenvalue weighted by atomic mass is 16.6. The molecule has 1 fully saturated rings. The monoisotopic (exact) mass is 346 g/mol. The number of cyclic esters (lactones) is 1. The van der Waals surface area contributed by atoms with Gasteiger partial charge in [-0.05, 0) is 24.6 Å². The van der Waals surface area contributed by atoms with Crippen LogP contribution in [0, 0.1) is 5.92 Å². The van der Waals surface area contributed by atoms with Gasteiger partial charge >= 0.3 is 6.09 Å². The fraction of sp³-hybridized carbons (Fsp3) is 0.444. The second kappa shape index (κ2) is 6.50. The smallest absolute Gasteiger partial charge is 0.414 e. The van der Waals surface area contributed by atoms with E-state index in [0.29, 0.717) is 36.5 Å². The Labute approximate surface area is 146 Å². The van der Waals surface area contributed by atoms with Gasteiger partial charge in [0.25, 0.3) is 5.91 Å². The molecule has 0 spiro atoms. The molecule has 7 nitrogen and oxygen atoms in total. The molecule has 0 aliphatic carbocycles. The van der Waals surface area contributed by atoms with Crippen LogP contribution in [0.5, 0.6) is 0 Å². The molecule has 1 saturated heterocycles. The highest BCUT2D eigenvalue weighted by molar-refractivity contribution is 6.07. The van der Waals surface area contributed by atoms with Crippen molar-refractivity contribution in [1.29, 1.82) is 0 Å². The molecule has 1 aromatic carbocycles. The maximum atomic E-state index is 12.7. The molecule has 0 bridgehead atoms. The molecule has 0 aromatic heterocycles. The number of ether oxygens (including phenoxy) is 1. The number of anilines is 2. The molecule has 25 heavy (non-hydrogen) atoms. The molecule has 2 heterocycles. The van der Waals surface area contributed by atoms with Crippen LogP contribution in [0.2, 0.25) is 0 Å². The summed E-state index contributed by atoms with van der Waals surface area (Å²) in [6.07, 6.45) is 3.50. The van der Waals surface area contributed by atoms with Gasteiger partial charge in [-0.2, -0.15) is 0 Å². The standard InChI is InChI=1S/C18H22N2O5/c1-12(5-3-4-9-21)18(24)14-11-13(20-8-10-25-17(20)23)6-7-15(14)19(2)16(18)22/h3,5-7,11-12,21,24H,4,8-10H2,1-2H3/b5-3+/t12-,18+/m1/s1. The zero-order valence-electron chi connectivity index (χ0n) is 14.3. The van der Waals surface area contributed by atoms with Gasteiger partial charge in [0, 0.05) is 30.8 Å². The molecule has 2 aliphatic rings. The summed E-state index contributed by atoms with van der Waals surface area (Å²) in [5.41, 5.74) is -0.0331. The number of likely N-dealkylation sites (N-methyl/N-ethyl adjacent to an activating group) is 1. The number of fused-ring (bicyclic) bond motifs is 1. The number of benzene rings is 1. The van der Waals surface area contributed by atoms with E-state index in [1.54, 1.807) is 44.3 Å². The van der Waals surface area contributed by atoms with Gasteiger partial charge in [-0.25, -0.2) is 4.79 Å². The zero-order chi connectivity index (χ0) is 18.2. The first-order valence-electron chi connectivity index (χ1n) is 8.28. The fourth-order valence-electron chi connectivity index (χ4n) is 3.35. The minimum absolute atomic E-state index is 0.00725. The molecule has 2 amide bonds. The molecule has 3 rings (SSSR count). The van der Waals surface area contributed by atoms with E-state index < -0.39 is 23.5 Å². The molecule has 0 saturated carbocycles. The highest BCUT2D eigenvalue weighted by Crippen LogP contribution is 2.46. The second-order valence-corrected chi connectivity index (χ2v) is 6.33. The van der Waals surface area contributed by atoms with Crippen LogP contribution < -0.4 is 9.80 Å². The third kappa shape index (κ3) is 2.69. The lowest BCUT2D eigenvalue weighted by molar-refractivity contribution is -0.139. The Kier molecular flexibility index (Phi) is 4.53. The van der Waals surface area contributed by atoms with Gasteiger partial charge in [-0.1, -0.05) is 19.1 Å². The quantitative estimate of drug-likeness (QED) is 0.786. The Morgan fingerprint density at radius 1 is 1.40 bits per heavy atom. The molecule has 7 heteroatoms. The van der Waals surface area contributed by atoms with Gasteiger partial charge in [-0.15, -0.1) is 0 Å². The third-order valence-electron chi connectivity index (χ3n) is 4.83. The first-order chi connectivity index (χ1) is 11.9. The Hall–Kier alpha value is -2.38. The van der Waals surface area contributed by atoms with Crippen molar-refractivity contribution < 1.29 is 24.5 Å². The summed E-state index contributed by atoms with van der Waals surface area (Å²) in [6, 6.07) is 5.16. The first kappa shape index (κ1) is 17.4. The lowest BCUT2D eigenvalue weighted by atomic mass is 9.82. The van der Waals surface area contributed by atoms with E-state index >= 15 is 0 Å². The average Bonchev–Trinajstić information content (AvgIpc) is 3.12. The molecular weight excluding hydrogens is 324 g/mol. The largest absolute Gasteiger partial charge is 0.447 e. The van der Waals surface area contributed by atoms with Crippen LogP contribution in [-0.4, -0.2) is 49.0 Å². The molecule has 0 radical (unpaired) electrons. The molecule has 1 aromatic rings. The van der Waals surface area contributed by atoms with E-state index in [9.17, 15) is 14.7 Å². The zero-order valence-corrected chi connectivity index (χ0v) is 14.3. The van der Waals surface area contributed by atoms with Crippen molar-refractivity contribution in [1.82, 2.24) is 0 Å². The fourth-order valence-corrected chi connectivity index (χ4v) is 3.35. The number of rotatable bonds is 5. The van der Waals surface area contributed by atoms with E-state index in [1.807, 2.05) is 0 Å². The summed E-state index contributed by atoms with van der Waals surface area (Å²) < 4.78 is 4.96. The molecule has 0 unspecified atom stereocenters. The van der Waals surface area contributed by atoms with Crippen molar-refractivity contribution in [3.8, 4) is 0 Å². The SMILES string of the molecule is C[C@H](/C=C/CCO)[C@@]1(O)C(=O)N(C)c2ccc(N3CCOC3=O)cc21. The number of aliphatic hydroxyl groups excluding tert-OH is 1. The summed E-state index contributed by atoms with van der Waals surface area (Å²) in [5.74, 6) is -0.902. The van der Waals surface area contributed by atoms with Crippen molar-refractivity contribution in [3.63, 3.8) is 0 Å². The average molecular weight is 346 g/mol. The highest BCUT2D eigenvalue weighted by Gasteiger charge is 2.51. The van der Waals surface area contributed by atoms with Crippen LogP contribution >= 0.6 is 0 Å². The van der Waals surface area contributed by atoms with Crippen LogP contribution in [0.15, 0.2) is 30.4 Å². The van der Waals surface area contributed by atoms with Gasteiger partial charge < -0.3 is 19.8 Å². The second-order valence-electron chi connectivity index (χ2n) is 6.33. The number of nitrogens with zero attached hydrogens (tertiary/aromatic N) is 2. The maximum Gasteiger partial charge on any atom is 0.414 e. The van der Waals surface area contributed by atoms with Crippen LogP contribution in [0.1, 0.15) is 18.9 Å². The van der Waals surface area contributed by atoms with Crippen molar-refractivity contribution >= 4 is 23.4 Å². The van der Waals surface area contributed by atoms with Crippen LogP contribution in [0.4, 0.5) is 16.2 Å². The van der Waals surface area contributed by atoms with Crippen LogP contribution in [0.25, 0.3) is 0 Å². The summed E-state index contributed by atoms with van der Waals surface area (Å²) >= 11 is 0. The van der Waals surface area contributed by atoms with E-state index in [0.717, 1.165) is 0 Å². The lowest BCUT2D eigenvalue weighted by Gasteiger charge is -2.27. The lowest BCUT2D eigenvalue weighted by Crippen LogP contribution is -2.43. The van der Waals surface area contributed by atoms with Gasteiger partial charge in [0.1, 0.15) is 6.61 Å². The number of carbonyl (C=O) groups is 2. The van der Waals surface area contributed by atoms with Gasteiger partial charge in [0.05, 0.1) is 12.2 Å². The summed E-state index contributed by atoms with van der Waals surface area (Å²) in [4.78, 5) is 27.5. The number of aliphatic hydroxyl groups is 2. The first-order valence-corrected chi connectivity index (χ1v) is 8.28. The van der Waals surface area contributed by atoms with Gasteiger partial charge in [-0.3, -0.25) is 9.69 Å². The number of hydrogen-bond donors (Lipinski definition) is 2. The van der Waals surface area contributed by atoms with E-state index in [4.69, 9.17) is 9.84 Å². The number of hydrogen-bond acceptors (Lipinski definition) is 5. The third-order valence-corrected chi connectivity index (χ3v) is 4.83. The maximum absolute atomic E-state index is 12.7. The topological polar surface area (TPSA) is 90.3 Å². The minimum atomic E-state index is -1.71. The summed E-state index contributed by atoms with van der Waals surface area (Å²) in [6.45, 7) is 2.52. The minimum Gasteiger partial charge on any atom is -0.447 e. The number of amides is 2. The summed E-state index contributed by atoms with van der Waals surface area (Å²) in [7, 11) is 1.62. The predicted molar refractivity (Wildman–Crippen MR) is 92.4 cm³/mol. The molecule has 2 aliphatic heterocycles. The van der Waals surface area contributed by atoms with Crippen molar-refractivity contribution in [2.75, 3.05) is 36.6 Å². The Balaban J connectivity index is 2.02. The predicted octanol–water partition coefficient (Wildman–Crippen LogP) is 1.38. The Morgan fingerprint density at radius 3 is 2.80 bits per heavy atom. The summed E-state index contributed by atoms with van der Waals surface area (Å²) in [5, 5.41) is 20.1. The molecule has 2 N–H and O–H groups in total. The molecular formula is C18H22N2O5. The molecule has 2 atom stereocenters. The Morgan fingerprint density at radius 2 is 2.16 bits per heavy atom. The molecule has 134 valence electrons. The normalized spacial score (nSPS) is 24.2.